The van der Waals surface area contributed by atoms with Crippen LogP contribution in [-0.4, -0.2) is 22.6 Å². The van der Waals surface area contributed by atoms with Crippen LogP contribution < -0.4 is 15.8 Å². The molecule has 3 heterocycles. The van der Waals surface area contributed by atoms with E-state index in [1.54, 1.807) is 10.6 Å². The van der Waals surface area contributed by atoms with Gasteiger partial charge in [0, 0.05) is 18.8 Å². The molecule has 2 aromatic heterocycles. The molecule has 160 valence electrons. The summed E-state index contributed by atoms with van der Waals surface area (Å²) in [7, 11) is 0. The van der Waals surface area contributed by atoms with Crippen molar-refractivity contribution in [2.24, 2.45) is 0 Å². The lowest BCUT2D eigenvalue weighted by Gasteiger charge is -2.29. The first-order valence-corrected chi connectivity index (χ1v) is 11.6. The lowest BCUT2D eigenvalue weighted by atomic mass is 10.1. The van der Waals surface area contributed by atoms with Crippen molar-refractivity contribution in [3.63, 3.8) is 0 Å². The van der Waals surface area contributed by atoms with Gasteiger partial charge in [0.25, 0.3) is 5.56 Å². The Hall–Kier alpha value is -3.63. The molecule has 1 saturated heterocycles. The zero-order valence-corrected chi connectivity index (χ0v) is 18.4. The van der Waals surface area contributed by atoms with Crippen molar-refractivity contribution in [3.05, 3.63) is 82.1 Å². The minimum atomic E-state index is -0.0607. The lowest BCUT2D eigenvalue weighted by Crippen LogP contribution is -2.36. The van der Waals surface area contributed by atoms with E-state index in [1.165, 1.54) is 17.8 Å². The molecule has 0 amide bonds. The van der Waals surface area contributed by atoms with E-state index in [1.807, 2.05) is 54.6 Å². The van der Waals surface area contributed by atoms with Crippen molar-refractivity contribution in [2.45, 2.75) is 25.8 Å². The number of para-hydroxylation sites is 1. The number of thiophene rings is 1. The average molecular weight is 442 g/mol. The quantitative estimate of drug-likeness (QED) is 0.466. The van der Waals surface area contributed by atoms with Crippen LogP contribution in [0.3, 0.4) is 0 Å². The van der Waals surface area contributed by atoms with E-state index in [0.717, 1.165) is 42.2 Å². The number of anilines is 3. The number of nitrogens with zero attached hydrogens (tertiary/aromatic N) is 4. The van der Waals surface area contributed by atoms with E-state index in [0.29, 0.717) is 28.3 Å². The van der Waals surface area contributed by atoms with Crippen molar-refractivity contribution in [2.75, 3.05) is 23.3 Å². The number of nitriles is 1. The number of fused-ring (bicyclic) bond motifs is 1. The first kappa shape index (κ1) is 20.3. The standard InChI is InChI=1S/C25H23N5OS/c26-16-18-9-5-6-10-19(18)17-30-24(31)23-21(28-25(30)29-13-7-2-8-14-29)15-22(32-23)27-20-11-3-1-4-12-20/h1,3-6,9-12,15,27H,2,7-8,13-14,17H2. The largest absolute Gasteiger partial charge is 0.347 e. The summed E-state index contributed by atoms with van der Waals surface area (Å²) >= 11 is 1.42. The number of nitrogens with one attached hydrogen (secondary N) is 1. The number of aromatic nitrogens is 2. The molecule has 32 heavy (non-hydrogen) atoms. The second-order valence-electron chi connectivity index (χ2n) is 7.94. The summed E-state index contributed by atoms with van der Waals surface area (Å²) in [6.45, 7) is 2.10. The molecule has 1 fully saturated rings. The number of hydrogen-bond acceptors (Lipinski definition) is 6. The van der Waals surface area contributed by atoms with E-state index >= 15 is 0 Å². The van der Waals surface area contributed by atoms with Crippen molar-refractivity contribution < 1.29 is 0 Å². The predicted octanol–water partition coefficient (Wildman–Crippen LogP) is 5.11. The fraction of sp³-hybridized carbons (Fsp3) is 0.240. The summed E-state index contributed by atoms with van der Waals surface area (Å²) in [5.41, 5.74) is 3.04. The summed E-state index contributed by atoms with van der Waals surface area (Å²) in [4.78, 5) is 20.8. The van der Waals surface area contributed by atoms with Crippen LogP contribution in [0.5, 0.6) is 0 Å². The third kappa shape index (κ3) is 3.97. The van der Waals surface area contributed by atoms with Gasteiger partial charge < -0.3 is 10.2 Å². The van der Waals surface area contributed by atoms with Gasteiger partial charge in [-0.25, -0.2) is 4.98 Å². The van der Waals surface area contributed by atoms with Crippen LogP contribution in [-0.2, 0) is 6.54 Å². The van der Waals surface area contributed by atoms with Gasteiger partial charge in [-0.1, -0.05) is 36.4 Å². The Morgan fingerprint density at radius 2 is 1.78 bits per heavy atom. The van der Waals surface area contributed by atoms with Crippen LogP contribution >= 0.6 is 11.3 Å². The molecule has 6 nitrogen and oxygen atoms in total. The third-order valence-corrected chi connectivity index (χ3v) is 6.79. The highest BCUT2D eigenvalue weighted by Gasteiger charge is 2.21. The molecule has 0 atom stereocenters. The Balaban J connectivity index is 1.61. The van der Waals surface area contributed by atoms with Gasteiger partial charge in [0.05, 0.1) is 28.7 Å². The molecule has 0 radical (unpaired) electrons. The third-order valence-electron chi connectivity index (χ3n) is 5.76. The van der Waals surface area contributed by atoms with Crippen LogP contribution in [0.15, 0.2) is 65.5 Å². The molecular formula is C25H23N5OS. The summed E-state index contributed by atoms with van der Waals surface area (Å²) < 4.78 is 2.37. The molecule has 0 aliphatic carbocycles. The van der Waals surface area contributed by atoms with E-state index in [9.17, 15) is 10.1 Å². The predicted molar refractivity (Wildman–Crippen MR) is 130 cm³/mol. The fourth-order valence-corrected chi connectivity index (χ4v) is 5.11. The van der Waals surface area contributed by atoms with Crippen LogP contribution in [0.25, 0.3) is 10.2 Å². The van der Waals surface area contributed by atoms with Crippen molar-refractivity contribution >= 4 is 38.2 Å². The normalized spacial score (nSPS) is 13.8. The molecule has 0 saturated carbocycles. The Morgan fingerprint density at radius 3 is 2.56 bits per heavy atom. The number of hydrogen-bond donors (Lipinski definition) is 1. The number of piperidine rings is 1. The van der Waals surface area contributed by atoms with E-state index < -0.39 is 0 Å². The van der Waals surface area contributed by atoms with Crippen LogP contribution in [0.1, 0.15) is 30.4 Å². The molecule has 4 aromatic rings. The minimum Gasteiger partial charge on any atom is -0.347 e. The van der Waals surface area contributed by atoms with E-state index in [4.69, 9.17) is 4.98 Å². The summed E-state index contributed by atoms with van der Waals surface area (Å²) in [6, 6.07) is 21.6. The maximum atomic E-state index is 13.7. The van der Waals surface area contributed by atoms with Gasteiger partial charge >= 0.3 is 0 Å². The van der Waals surface area contributed by atoms with Crippen molar-refractivity contribution in [1.29, 1.82) is 5.26 Å². The smallest absolute Gasteiger partial charge is 0.273 e. The highest BCUT2D eigenvalue weighted by Crippen LogP contribution is 2.31. The Labute approximate surface area is 190 Å². The minimum absolute atomic E-state index is 0.0607. The second-order valence-corrected chi connectivity index (χ2v) is 8.99. The monoisotopic (exact) mass is 441 g/mol. The molecule has 2 aromatic carbocycles. The Morgan fingerprint density at radius 1 is 1.03 bits per heavy atom. The lowest BCUT2D eigenvalue weighted by molar-refractivity contribution is 0.553. The van der Waals surface area contributed by atoms with Gasteiger partial charge in [-0.2, -0.15) is 5.26 Å². The highest BCUT2D eigenvalue weighted by molar-refractivity contribution is 7.22. The molecule has 0 spiro atoms. The van der Waals surface area contributed by atoms with Crippen molar-refractivity contribution in [1.82, 2.24) is 9.55 Å². The summed E-state index contributed by atoms with van der Waals surface area (Å²) in [6.07, 6.45) is 3.38. The zero-order valence-electron chi connectivity index (χ0n) is 17.6. The second kappa shape index (κ2) is 8.85. The van der Waals surface area contributed by atoms with Gasteiger partial charge in [-0.15, -0.1) is 11.3 Å². The summed E-state index contributed by atoms with van der Waals surface area (Å²) in [5.74, 6) is 0.694. The molecule has 1 aliphatic heterocycles. The van der Waals surface area contributed by atoms with Gasteiger partial charge in [0.15, 0.2) is 0 Å². The molecule has 7 heteroatoms. The first-order chi connectivity index (χ1) is 15.7. The van der Waals surface area contributed by atoms with Crippen LogP contribution in [0.4, 0.5) is 16.6 Å². The molecule has 1 aliphatic rings. The SMILES string of the molecule is N#Cc1ccccc1Cn1c(N2CCCCC2)nc2cc(Nc3ccccc3)sc2c1=O. The number of rotatable bonds is 5. The van der Waals surface area contributed by atoms with Crippen molar-refractivity contribution in [3.8, 4) is 6.07 Å². The molecule has 0 unspecified atom stereocenters. The van der Waals surface area contributed by atoms with Crippen LogP contribution in [0.2, 0.25) is 0 Å². The maximum Gasteiger partial charge on any atom is 0.273 e. The maximum absolute atomic E-state index is 13.7. The Bertz CT molecular complexity index is 1350. The molecular weight excluding hydrogens is 418 g/mol. The molecule has 1 N–H and O–H groups in total. The van der Waals surface area contributed by atoms with Gasteiger partial charge in [0.2, 0.25) is 5.95 Å². The van der Waals surface area contributed by atoms with Gasteiger partial charge in [-0.3, -0.25) is 9.36 Å². The van der Waals surface area contributed by atoms with E-state index in [2.05, 4.69) is 16.3 Å². The van der Waals surface area contributed by atoms with Gasteiger partial charge in [-0.05, 0) is 49.1 Å². The van der Waals surface area contributed by atoms with Crippen LogP contribution in [0, 0.1) is 11.3 Å². The highest BCUT2D eigenvalue weighted by atomic mass is 32.1. The molecule has 5 rings (SSSR count). The topological polar surface area (TPSA) is 74.0 Å². The fourth-order valence-electron chi connectivity index (χ4n) is 4.14. The molecule has 0 bridgehead atoms. The first-order valence-electron chi connectivity index (χ1n) is 10.8. The zero-order chi connectivity index (χ0) is 21.9. The van der Waals surface area contributed by atoms with Gasteiger partial charge in [0.1, 0.15) is 4.70 Å². The number of benzene rings is 2. The average Bonchev–Trinajstić information content (AvgIpc) is 3.25. The Kier molecular flexibility index (Phi) is 5.61. The summed E-state index contributed by atoms with van der Waals surface area (Å²) in [5, 5.41) is 13.8. The van der Waals surface area contributed by atoms with E-state index in [-0.39, 0.29) is 5.56 Å².